The number of carbonyl (C=O) groups is 2. The van der Waals surface area contributed by atoms with E-state index in [2.05, 4.69) is 9.97 Å². The molecule has 0 saturated carbocycles. The van der Waals surface area contributed by atoms with E-state index in [0.29, 0.717) is 31.7 Å². The van der Waals surface area contributed by atoms with E-state index in [1.165, 1.54) is 0 Å². The third kappa shape index (κ3) is 2.86. The number of rotatable bonds is 2. The van der Waals surface area contributed by atoms with Gasteiger partial charge < -0.3 is 14.8 Å². The molecule has 1 N–H and O–H groups in total. The number of piperazine rings is 1. The summed E-state index contributed by atoms with van der Waals surface area (Å²) < 4.78 is 0. The molecule has 1 aliphatic rings. The number of nitrogens with zero attached hydrogens (tertiary/aromatic N) is 3. The van der Waals surface area contributed by atoms with Crippen LogP contribution < -0.4 is 0 Å². The van der Waals surface area contributed by atoms with Crippen LogP contribution in [0.4, 0.5) is 0 Å². The Balaban J connectivity index is 1.67. The summed E-state index contributed by atoms with van der Waals surface area (Å²) in [6, 6.07) is 7.41. The zero-order valence-electron chi connectivity index (χ0n) is 12.5. The van der Waals surface area contributed by atoms with Crippen molar-refractivity contribution in [1.29, 1.82) is 0 Å². The molecule has 0 spiro atoms. The molecule has 114 valence electrons. The summed E-state index contributed by atoms with van der Waals surface area (Å²) in [5, 5.41) is 0. The van der Waals surface area contributed by atoms with E-state index in [9.17, 15) is 9.59 Å². The Hall–Kier alpha value is -2.63. The van der Waals surface area contributed by atoms with Crippen molar-refractivity contribution in [3.8, 4) is 11.4 Å². The van der Waals surface area contributed by atoms with Crippen molar-refractivity contribution in [2.75, 3.05) is 26.2 Å². The monoisotopic (exact) mass is 298 g/mol. The maximum Gasteiger partial charge on any atom is 0.253 e. The van der Waals surface area contributed by atoms with Gasteiger partial charge in [0.25, 0.3) is 5.91 Å². The van der Waals surface area contributed by atoms with Gasteiger partial charge in [-0.05, 0) is 12.1 Å². The van der Waals surface area contributed by atoms with Crippen LogP contribution in [-0.4, -0.2) is 57.8 Å². The third-order valence-electron chi connectivity index (χ3n) is 3.92. The van der Waals surface area contributed by atoms with Crippen molar-refractivity contribution in [2.24, 2.45) is 0 Å². The molecule has 0 unspecified atom stereocenters. The number of amides is 2. The number of carbonyl (C=O) groups excluding carboxylic acids is 2. The summed E-state index contributed by atoms with van der Waals surface area (Å²) >= 11 is 0. The zero-order chi connectivity index (χ0) is 15.5. The molecule has 1 fully saturated rings. The van der Waals surface area contributed by atoms with Gasteiger partial charge in [-0.15, -0.1) is 0 Å². The fourth-order valence-corrected chi connectivity index (χ4v) is 2.60. The molecule has 6 heteroatoms. The Morgan fingerprint density at radius 3 is 2.23 bits per heavy atom. The van der Waals surface area contributed by atoms with Gasteiger partial charge in [0.05, 0.1) is 0 Å². The molecule has 22 heavy (non-hydrogen) atoms. The molecule has 0 bridgehead atoms. The Bertz CT molecular complexity index is 656. The number of aromatic amines is 1. The van der Waals surface area contributed by atoms with Crippen molar-refractivity contribution in [3.63, 3.8) is 0 Å². The summed E-state index contributed by atoms with van der Waals surface area (Å²) in [6.45, 7) is 3.93. The molecule has 2 aromatic rings. The molecule has 1 aromatic heterocycles. The molecule has 2 heterocycles. The van der Waals surface area contributed by atoms with Crippen LogP contribution in [-0.2, 0) is 4.79 Å². The zero-order valence-corrected chi connectivity index (χ0v) is 12.5. The predicted molar refractivity (Wildman–Crippen MR) is 82.2 cm³/mol. The van der Waals surface area contributed by atoms with Crippen molar-refractivity contribution in [3.05, 3.63) is 42.2 Å². The molecule has 2 amide bonds. The molecule has 0 aliphatic carbocycles. The van der Waals surface area contributed by atoms with E-state index in [-0.39, 0.29) is 11.8 Å². The van der Waals surface area contributed by atoms with Crippen molar-refractivity contribution >= 4 is 11.8 Å². The second kappa shape index (κ2) is 6.01. The fraction of sp³-hybridized carbons (Fsp3) is 0.312. The number of nitrogens with one attached hydrogen (secondary N) is 1. The van der Waals surface area contributed by atoms with E-state index in [1.807, 2.05) is 24.3 Å². The van der Waals surface area contributed by atoms with Gasteiger partial charge in [0.1, 0.15) is 5.82 Å². The second-order valence-corrected chi connectivity index (χ2v) is 5.31. The largest absolute Gasteiger partial charge is 0.345 e. The van der Waals surface area contributed by atoms with E-state index in [0.717, 1.165) is 11.4 Å². The summed E-state index contributed by atoms with van der Waals surface area (Å²) in [6.07, 6.45) is 3.46. The lowest BCUT2D eigenvalue weighted by atomic mass is 10.1. The number of benzene rings is 1. The molecular weight excluding hydrogens is 280 g/mol. The number of imidazole rings is 1. The van der Waals surface area contributed by atoms with Crippen LogP contribution in [0.3, 0.4) is 0 Å². The van der Waals surface area contributed by atoms with Crippen LogP contribution in [0.15, 0.2) is 36.7 Å². The lowest BCUT2D eigenvalue weighted by Gasteiger charge is -2.34. The van der Waals surface area contributed by atoms with Crippen LogP contribution >= 0.6 is 0 Å². The molecule has 1 saturated heterocycles. The first kappa shape index (κ1) is 14.3. The third-order valence-corrected chi connectivity index (χ3v) is 3.92. The SMILES string of the molecule is CC(=O)N1CCN(C(=O)c2ccc(-c3ncc[nH]3)cc2)CC1. The average Bonchev–Trinajstić information content (AvgIpc) is 3.09. The van der Waals surface area contributed by atoms with Crippen LogP contribution in [0.1, 0.15) is 17.3 Å². The Kier molecular flexibility index (Phi) is 3.91. The van der Waals surface area contributed by atoms with Crippen LogP contribution in [0.5, 0.6) is 0 Å². The van der Waals surface area contributed by atoms with Crippen LogP contribution in [0, 0.1) is 0 Å². The smallest absolute Gasteiger partial charge is 0.253 e. The van der Waals surface area contributed by atoms with E-state index in [4.69, 9.17) is 0 Å². The highest BCUT2D eigenvalue weighted by atomic mass is 16.2. The standard InChI is InChI=1S/C16H18N4O2/c1-12(21)19-8-10-20(11-9-19)16(22)14-4-2-13(3-5-14)15-17-6-7-18-15/h2-7H,8-11H2,1H3,(H,17,18). The quantitative estimate of drug-likeness (QED) is 0.910. The minimum Gasteiger partial charge on any atom is -0.345 e. The van der Waals surface area contributed by atoms with Crippen LogP contribution in [0.25, 0.3) is 11.4 Å². The van der Waals surface area contributed by atoms with Crippen LogP contribution in [0.2, 0.25) is 0 Å². The minimum absolute atomic E-state index is 0.00852. The maximum absolute atomic E-state index is 12.5. The summed E-state index contributed by atoms with van der Waals surface area (Å²) in [5.74, 6) is 0.859. The maximum atomic E-state index is 12.5. The first-order valence-corrected chi connectivity index (χ1v) is 7.30. The normalized spacial score (nSPS) is 15.0. The Morgan fingerprint density at radius 1 is 1.05 bits per heavy atom. The van der Waals surface area contributed by atoms with Crippen molar-refractivity contribution in [2.45, 2.75) is 6.92 Å². The van der Waals surface area contributed by atoms with Gasteiger partial charge in [0, 0.05) is 56.6 Å². The molecule has 0 radical (unpaired) electrons. The van der Waals surface area contributed by atoms with Gasteiger partial charge in [-0.25, -0.2) is 4.98 Å². The Labute approximate surface area is 128 Å². The minimum atomic E-state index is 0.00852. The number of aromatic nitrogens is 2. The van der Waals surface area contributed by atoms with E-state index < -0.39 is 0 Å². The van der Waals surface area contributed by atoms with Crippen molar-refractivity contribution in [1.82, 2.24) is 19.8 Å². The topological polar surface area (TPSA) is 69.3 Å². The van der Waals surface area contributed by atoms with Gasteiger partial charge in [-0.2, -0.15) is 0 Å². The van der Waals surface area contributed by atoms with Crippen molar-refractivity contribution < 1.29 is 9.59 Å². The first-order chi connectivity index (χ1) is 10.6. The van der Waals surface area contributed by atoms with Gasteiger partial charge in [0.15, 0.2) is 0 Å². The lowest BCUT2D eigenvalue weighted by Crippen LogP contribution is -2.50. The first-order valence-electron chi connectivity index (χ1n) is 7.30. The fourth-order valence-electron chi connectivity index (χ4n) is 2.60. The molecule has 0 atom stereocenters. The summed E-state index contributed by atoms with van der Waals surface area (Å²) in [5.41, 5.74) is 1.61. The van der Waals surface area contributed by atoms with Gasteiger partial charge in [-0.1, -0.05) is 12.1 Å². The molecule has 3 rings (SSSR count). The molecule has 6 nitrogen and oxygen atoms in total. The predicted octanol–water partition coefficient (Wildman–Crippen LogP) is 1.38. The number of H-pyrrole nitrogens is 1. The van der Waals surface area contributed by atoms with Gasteiger partial charge >= 0.3 is 0 Å². The summed E-state index contributed by atoms with van der Waals surface area (Å²) in [7, 11) is 0. The number of hydrogen-bond donors (Lipinski definition) is 1. The highest BCUT2D eigenvalue weighted by molar-refractivity contribution is 5.94. The highest BCUT2D eigenvalue weighted by Crippen LogP contribution is 2.16. The lowest BCUT2D eigenvalue weighted by molar-refractivity contribution is -0.130. The van der Waals surface area contributed by atoms with Gasteiger partial charge in [0.2, 0.25) is 5.91 Å². The summed E-state index contributed by atoms with van der Waals surface area (Å²) in [4.78, 5) is 34.6. The second-order valence-electron chi connectivity index (χ2n) is 5.31. The Morgan fingerprint density at radius 2 is 1.68 bits per heavy atom. The number of hydrogen-bond acceptors (Lipinski definition) is 3. The van der Waals surface area contributed by atoms with Gasteiger partial charge in [-0.3, -0.25) is 9.59 Å². The molecule has 1 aromatic carbocycles. The van der Waals surface area contributed by atoms with E-state index in [1.54, 1.807) is 29.1 Å². The molecular formula is C16H18N4O2. The van der Waals surface area contributed by atoms with E-state index >= 15 is 0 Å². The molecule has 1 aliphatic heterocycles. The highest BCUT2D eigenvalue weighted by Gasteiger charge is 2.23. The average molecular weight is 298 g/mol.